The van der Waals surface area contributed by atoms with Crippen molar-refractivity contribution in [2.75, 3.05) is 34.2 Å². The van der Waals surface area contributed by atoms with Gasteiger partial charge >= 0.3 is 0 Å². The minimum Gasteiger partial charge on any atom is -0.337 e. The highest BCUT2D eigenvalue weighted by atomic mass is 35.5. The van der Waals surface area contributed by atoms with Crippen LogP contribution in [0.5, 0.6) is 0 Å². The molecule has 3 rings (SSSR count). The number of hydrogen-bond donors (Lipinski definition) is 0. The van der Waals surface area contributed by atoms with Crippen LogP contribution in [0.3, 0.4) is 0 Å². The molecule has 1 atom stereocenters. The van der Waals surface area contributed by atoms with Gasteiger partial charge in [0.05, 0.1) is 12.5 Å². The zero-order valence-corrected chi connectivity index (χ0v) is 18.1. The molecule has 2 aromatic rings. The largest absolute Gasteiger partial charge is 0.337 e. The number of hydrogen-bond acceptors (Lipinski definition) is 6. The average Bonchev–Trinajstić information content (AvgIpc) is 3.16. The molecule has 0 N–H and O–H groups in total. The molecule has 1 aliphatic rings. The number of amides is 1. The lowest BCUT2D eigenvalue weighted by Crippen LogP contribution is -2.49. The lowest BCUT2D eigenvalue weighted by molar-refractivity contribution is -0.136. The summed E-state index contributed by atoms with van der Waals surface area (Å²) in [5, 5.41) is 4.56. The molecule has 1 saturated heterocycles. The van der Waals surface area contributed by atoms with E-state index in [2.05, 4.69) is 10.1 Å². The molecule has 1 aliphatic heterocycles. The maximum absolute atomic E-state index is 12.8. The summed E-state index contributed by atoms with van der Waals surface area (Å²) in [6.07, 6.45) is 1.28. The van der Waals surface area contributed by atoms with E-state index in [1.165, 1.54) is 27.6 Å². The molecule has 1 fully saturated rings. The molecule has 29 heavy (non-hydrogen) atoms. The molecule has 0 aliphatic carbocycles. The van der Waals surface area contributed by atoms with E-state index in [0.717, 1.165) is 5.56 Å². The normalized spacial score (nSPS) is 18.2. The van der Waals surface area contributed by atoms with Gasteiger partial charge in [0.1, 0.15) is 0 Å². The SMILES string of the molecule is CN(Cc1nc(-c2ccc(Cl)cc2)no1)C(=O)[C@@H]1CCCN(S(=O)(=O)N(C)C)C1. The fourth-order valence-corrected chi connectivity index (χ4v) is 4.53. The van der Waals surface area contributed by atoms with Gasteiger partial charge in [-0.25, -0.2) is 0 Å². The summed E-state index contributed by atoms with van der Waals surface area (Å²) in [6.45, 7) is 0.738. The molecule has 0 unspecified atom stereocenters. The standard InChI is InChI=1S/C18H24ClN5O4S/c1-22(2)29(26,27)24-10-4-5-14(11-24)18(25)23(3)12-16-20-17(21-28-16)13-6-8-15(19)9-7-13/h6-9,14H,4-5,10-12H2,1-3H3/t14-/m1/s1. The molecule has 158 valence electrons. The molecule has 2 heterocycles. The van der Waals surface area contributed by atoms with Gasteiger partial charge in [-0.3, -0.25) is 4.79 Å². The summed E-state index contributed by atoms with van der Waals surface area (Å²) in [5.74, 6) is 0.176. The van der Waals surface area contributed by atoms with Crippen molar-refractivity contribution in [3.8, 4) is 11.4 Å². The lowest BCUT2D eigenvalue weighted by atomic mass is 9.98. The highest BCUT2D eigenvalue weighted by molar-refractivity contribution is 7.86. The van der Waals surface area contributed by atoms with Crippen LogP contribution in [0.2, 0.25) is 5.02 Å². The van der Waals surface area contributed by atoms with Gasteiger partial charge in [0.15, 0.2) is 0 Å². The Morgan fingerprint density at radius 1 is 1.28 bits per heavy atom. The van der Waals surface area contributed by atoms with Crippen LogP contribution in [0.1, 0.15) is 18.7 Å². The Bertz CT molecular complexity index is 961. The van der Waals surface area contributed by atoms with Crippen LogP contribution in [0.15, 0.2) is 28.8 Å². The van der Waals surface area contributed by atoms with Gasteiger partial charge in [-0.15, -0.1) is 0 Å². The summed E-state index contributed by atoms with van der Waals surface area (Å²) >= 11 is 5.89. The van der Waals surface area contributed by atoms with Gasteiger partial charge in [-0.2, -0.15) is 22.0 Å². The molecule has 11 heteroatoms. The third-order valence-corrected chi connectivity index (χ3v) is 7.00. The monoisotopic (exact) mass is 441 g/mol. The Kier molecular flexibility index (Phi) is 6.57. The van der Waals surface area contributed by atoms with E-state index in [1.54, 1.807) is 31.3 Å². The number of aromatic nitrogens is 2. The van der Waals surface area contributed by atoms with Crippen LogP contribution in [0, 0.1) is 5.92 Å². The molecule has 0 saturated carbocycles. The Balaban J connectivity index is 1.64. The molecular weight excluding hydrogens is 418 g/mol. The predicted octanol–water partition coefficient (Wildman–Crippen LogP) is 1.87. The summed E-state index contributed by atoms with van der Waals surface area (Å²) in [6, 6.07) is 7.04. The fourth-order valence-electron chi connectivity index (χ4n) is 3.21. The van der Waals surface area contributed by atoms with E-state index in [0.29, 0.717) is 36.1 Å². The zero-order chi connectivity index (χ0) is 21.2. The molecular formula is C18H24ClN5O4S. The summed E-state index contributed by atoms with van der Waals surface area (Å²) in [4.78, 5) is 18.7. The first-order chi connectivity index (χ1) is 13.7. The maximum atomic E-state index is 12.8. The minimum absolute atomic E-state index is 0.144. The van der Waals surface area contributed by atoms with Gasteiger partial charge in [0.25, 0.3) is 10.2 Å². The average molecular weight is 442 g/mol. The number of carbonyl (C=O) groups excluding carboxylic acids is 1. The summed E-state index contributed by atoms with van der Waals surface area (Å²) in [7, 11) is 1.08. The number of rotatable bonds is 6. The number of carbonyl (C=O) groups is 1. The van der Waals surface area contributed by atoms with E-state index in [-0.39, 0.29) is 19.0 Å². The highest BCUT2D eigenvalue weighted by Gasteiger charge is 2.34. The lowest BCUT2D eigenvalue weighted by Gasteiger charge is -2.34. The van der Waals surface area contributed by atoms with Crippen molar-refractivity contribution < 1.29 is 17.7 Å². The van der Waals surface area contributed by atoms with Gasteiger partial charge in [-0.05, 0) is 37.1 Å². The Morgan fingerprint density at radius 3 is 2.62 bits per heavy atom. The van der Waals surface area contributed by atoms with E-state index in [1.807, 2.05) is 0 Å². The van der Waals surface area contributed by atoms with E-state index < -0.39 is 16.1 Å². The quantitative estimate of drug-likeness (QED) is 0.678. The van der Waals surface area contributed by atoms with Crippen LogP contribution in [-0.4, -0.2) is 72.2 Å². The second-order valence-corrected chi connectivity index (χ2v) is 9.78. The molecule has 1 aromatic heterocycles. The number of nitrogens with zero attached hydrogens (tertiary/aromatic N) is 5. The number of benzene rings is 1. The van der Waals surface area contributed by atoms with E-state index in [9.17, 15) is 13.2 Å². The summed E-state index contributed by atoms with van der Waals surface area (Å²) < 4.78 is 32.5. The van der Waals surface area contributed by atoms with Crippen LogP contribution < -0.4 is 0 Å². The molecule has 1 amide bonds. The van der Waals surface area contributed by atoms with Crippen molar-refractivity contribution in [3.63, 3.8) is 0 Å². The van der Waals surface area contributed by atoms with Crippen molar-refractivity contribution >= 4 is 27.7 Å². The molecule has 0 spiro atoms. The molecule has 0 radical (unpaired) electrons. The minimum atomic E-state index is -3.54. The third kappa shape index (κ3) is 4.95. The number of halogens is 1. The maximum Gasteiger partial charge on any atom is 0.281 e. The molecule has 9 nitrogen and oxygen atoms in total. The van der Waals surface area contributed by atoms with Crippen LogP contribution >= 0.6 is 11.6 Å². The Morgan fingerprint density at radius 2 is 1.97 bits per heavy atom. The van der Waals surface area contributed by atoms with E-state index >= 15 is 0 Å². The van der Waals surface area contributed by atoms with Crippen LogP contribution in [-0.2, 0) is 21.5 Å². The highest BCUT2D eigenvalue weighted by Crippen LogP contribution is 2.23. The van der Waals surface area contributed by atoms with Crippen molar-refractivity contribution in [1.82, 2.24) is 23.7 Å². The second kappa shape index (κ2) is 8.78. The second-order valence-electron chi connectivity index (χ2n) is 7.20. The first-order valence-corrected chi connectivity index (χ1v) is 11.0. The smallest absolute Gasteiger partial charge is 0.281 e. The Hall–Kier alpha value is -2.01. The van der Waals surface area contributed by atoms with Crippen molar-refractivity contribution in [2.24, 2.45) is 5.92 Å². The third-order valence-electron chi connectivity index (χ3n) is 4.84. The summed E-state index contributed by atoms with van der Waals surface area (Å²) in [5.41, 5.74) is 0.759. The first kappa shape index (κ1) is 21.7. The van der Waals surface area contributed by atoms with Crippen LogP contribution in [0.25, 0.3) is 11.4 Å². The van der Waals surface area contributed by atoms with Crippen LogP contribution in [0.4, 0.5) is 0 Å². The fraction of sp³-hybridized carbons (Fsp3) is 0.500. The topological polar surface area (TPSA) is 99.9 Å². The van der Waals surface area contributed by atoms with Gasteiger partial charge < -0.3 is 9.42 Å². The zero-order valence-electron chi connectivity index (χ0n) is 16.6. The molecule has 0 bridgehead atoms. The van der Waals surface area contributed by atoms with Crippen molar-refractivity contribution in [3.05, 3.63) is 35.2 Å². The number of piperidine rings is 1. The molecule has 1 aromatic carbocycles. The predicted molar refractivity (Wildman–Crippen MR) is 108 cm³/mol. The van der Waals surface area contributed by atoms with E-state index in [4.69, 9.17) is 16.1 Å². The van der Waals surface area contributed by atoms with Crippen molar-refractivity contribution in [2.45, 2.75) is 19.4 Å². The van der Waals surface area contributed by atoms with Gasteiger partial charge in [0.2, 0.25) is 17.6 Å². The van der Waals surface area contributed by atoms with Gasteiger partial charge in [-0.1, -0.05) is 16.8 Å². The van der Waals surface area contributed by atoms with Gasteiger partial charge in [0, 0.05) is 44.8 Å². The first-order valence-electron chi connectivity index (χ1n) is 9.19. The Labute approximate surface area is 175 Å². The van der Waals surface area contributed by atoms with Crippen molar-refractivity contribution in [1.29, 1.82) is 0 Å².